The average molecular weight is 264 g/mol. The second-order valence-electron chi connectivity index (χ2n) is 5.31. The fraction of sp³-hybridized carbons (Fsp3) is 0.429. The minimum Gasteiger partial charge on any atom is -0.343 e. The summed E-state index contributed by atoms with van der Waals surface area (Å²) in [6.45, 7) is 5.36. The van der Waals surface area contributed by atoms with E-state index >= 15 is 0 Å². The van der Waals surface area contributed by atoms with Crippen LogP contribution in [-0.4, -0.2) is 28.3 Å². The molecule has 1 aromatic rings. The van der Waals surface area contributed by atoms with E-state index in [-0.39, 0.29) is 17.6 Å². The van der Waals surface area contributed by atoms with Gasteiger partial charge >= 0.3 is 0 Å². The fourth-order valence-electron chi connectivity index (χ4n) is 2.11. The van der Waals surface area contributed by atoms with Gasteiger partial charge in [0.2, 0.25) is 11.8 Å². The van der Waals surface area contributed by atoms with Crippen molar-refractivity contribution < 1.29 is 14.0 Å². The van der Waals surface area contributed by atoms with Gasteiger partial charge in [0.15, 0.2) is 0 Å². The summed E-state index contributed by atoms with van der Waals surface area (Å²) >= 11 is 0. The van der Waals surface area contributed by atoms with Crippen LogP contribution in [-0.2, 0) is 16.1 Å². The van der Waals surface area contributed by atoms with Gasteiger partial charge in [-0.1, -0.05) is 12.1 Å². The molecule has 1 atom stereocenters. The summed E-state index contributed by atoms with van der Waals surface area (Å²) in [6, 6.07) is 5.41. The van der Waals surface area contributed by atoms with Gasteiger partial charge in [0.05, 0.1) is 0 Å². The number of nitrogens with one attached hydrogen (secondary N) is 1. The lowest BCUT2D eigenvalue weighted by atomic mass is 9.95. The number of nitrogens with zero attached hydrogens (tertiary/aromatic N) is 1. The van der Waals surface area contributed by atoms with Crippen molar-refractivity contribution in [2.45, 2.75) is 38.9 Å². The third-order valence-electron chi connectivity index (χ3n) is 3.47. The number of piperazine rings is 1. The smallest absolute Gasteiger partial charge is 0.246 e. The zero-order valence-corrected chi connectivity index (χ0v) is 11.2. The second kappa shape index (κ2) is 4.64. The van der Waals surface area contributed by atoms with Gasteiger partial charge < -0.3 is 10.2 Å². The third-order valence-corrected chi connectivity index (χ3v) is 3.47. The lowest BCUT2D eigenvalue weighted by molar-refractivity contribution is -0.155. The van der Waals surface area contributed by atoms with Crippen LogP contribution >= 0.6 is 0 Å². The molecule has 1 aliphatic heterocycles. The summed E-state index contributed by atoms with van der Waals surface area (Å²) in [5.41, 5.74) is -0.109. The van der Waals surface area contributed by atoms with Gasteiger partial charge in [0, 0.05) is 6.54 Å². The maximum absolute atomic E-state index is 12.9. The highest BCUT2D eigenvalue weighted by Gasteiger charge is 2.44. The van der Waals surface area contributed by atoms with Crippen LogP contribution in [0, 0.1) is 5.82 Å². The fourth-order valence-corrected chi connectivity index (χ4v) is 2.11. The van der Waals surface area contributed by atoms with Crippen molar-refractivity contribution in [3.63, 3.8) is 0 Å². The number of hydrogen-bond donors (Lipinski definition) is 1. The Morgan fingerprint density at radius 3 is 2.42 bits per heavy atom. The van der Waals surface area contributed by atoms with Crippen LogP contribution in [0.25, 0.3) is 0 Å². The third kappa shape index (κ3) is 2.45. The molecule has 1 fully saturated rings. The molecule has 4 nitrogen and oxygen atoms in total. The first kappa shape index (κ1) is 13.5. The van der Waals surface area contributed by atoms with Crippen LogP contribution < -0.4 is 5.32 Å². The SMILES string of the molecule is CC1NC(=O)C(C)(C)N(Cc2ccc(F)cc2)C1=O. The Morgan fingerprint density at radius 2 is 1.84 bits per heavy atom. The van der Waals surface area contributed by atoms with Crippen LogP contribution in [0.2, 0.25) is 0 Å². The molecule has 1 aliphatic rings. The van der Waals surface area contributed by atoms with Crippen molar-refractivity contribution in [2.75, 3.05) is 0 Å². The molecular weight excluding hydrogens is 247 g/mol. The Hall–Kier alpha value is -1.91. The zero-order chi connectivity index (χ0) is 14.2. The monoisotopic (exact) mass is 264 g/mol. The molecule has 0 saturated carbocycles. The standard InChI is InChI=1S/C14H17FN2O2/c1-9-12(18)17(14(2,3)13(19)16-9)8-10-4-6-11(15)7-5-10/h4-7,9H,8H2,1-3H3,(H,16,19). The first-order chi connectivity index (χ1) is 8.82. The number of benzene rings is 1. The normalized spacial score (nSPS) is 22.3. The summed E-state index contributed by atoms with van der Waals surface area (Å²) in [5, 5.41) is 2.65. The van der Waals surface area contributed by atoms with Crippen LogP contribution in [0.5, 0.6) is 0 Å². The first-order valence-corrected chi connectivity index (χ1v) is 6.19. The lowest BCUT2D eigenvalue weighted by Crippen LogP contribution is -2.67. The number of halogens is 1. The predicted molar refractivity (Wildman–Crippen MR) is 68.6 cm³/mol. The van der Waals surface area contributed by atoms with Crippen molar-refractivity contribution >= 4 is 11.8 Å². The first-order valence-electron chi connectivity index (χ1n) is 6.19. The molecule has 0 aliphatic carbocycles. The maximum Gasteiger partial charge on any atom is 0.246 e. The van der Waals surface area contributed by atoms with Crippen molar-refractivity contribution in [2.24, 2.45) is 0 Å². The molecule has 5 heteroatoms. The molecule has 1 N–H and O–H groups in total. The molecule has 0 spiro atoms. The number of carbonyl (C=O) groups is 2. The molecule has 102 valence electrons. The highest BCUT2D eigenvalue weighted by atomic mass is 19.1. The Balaban J connectivity index is 2.27. The number of amides is 2. The molecule has 19 heavy (non-hydrogen) atoms. The predicted octanol–water partition coefficient (Wildman–Crippen LogP) is 1.45. The van der Waals surface area contributed by atoms with Crippen molar-refractivity contribution in [1.82, 2.24) is 10.2 Å². The van der Waals surface area contributed by atoms with Gasteiger partial charge in [0.25, 0.3) is 0 Å². The summed E-state index contributed by atoms with van der Waals surface area (Å²) in [5.74, 6) is -0.630. The van der Waals surface area contributed by atoms with E-state index in [0.29, 0.717) is 6.54 Å². The molecule has 0 aromatic heterocycles. The largest absolute Gasteiger partial charge is 0.343 e. The Labute approximate surface area is 111 Å². The number of rotatable bonds is 2. The second-order valence-corrected chi connectivity index (χ2v) is 5.31. The summed E-state index contributed by atoms with van der Waals surface area (Å²) < 4.78 is 12.9. The van der Waals surface area contributed by atoms with Crippen LogP contribution in [0.15, 0.2) is 24.3 Å². The van der Waals surface area contributed by atoms with E-state index in [2.05, 4.69) is 5.32 Å². The topological polar surface area (TPSA) is 49.4 Å². The highest BCUT2D eigenvalue weighted by Crippen LogP contribution is 2.23. The van der Waals surface area contributed by atoms with E-state index in [4.69, 9.17) is 0 Å². The summed E-state index contributed by atoms with van der Waals surface area (Å²) in [6.07, 6.45) is 0. The Bertz CT molecular complexity index is 511. The molecule has 1 unspecified atom stereocenters. The van der Waals surface area contributed by atoms with E-state index < -0.39 is 11.6 Å². The van der Waals surface area contributed by atoms with Gasteiger partial charge in [-0.15, -0.1) is 0 Å². The van der Waals surface area contributed by atoms with E-state index in [1.165, 1.54) is 17.0 Å². The van der Waals surface area contributed by atoms with Gasteiger partial charge in [-0.2, -0.15) is 0 Å². The van der Waals surface area contributed by atoms with Crippen LogP contribution in [0.1, 0.15) is 26.3 Å². The minimum absolute atomic E-state index is 0.131. The van der Waals surface area contributed by atoms with E-state index in [0.717, 1.165) is 5.56 Å². The van der Waals surface area contributed by atoms with Crippen molar-refractivity contribution in [3.8, 4) is 0 Å². The number of hydrogen-bond acceptors (Lipinski definition) is 2. The highest BCUT2D eigenvalue weighted by molar-refractivity contribution is 5.99. The van der Waals surface area contributed by atoms with Crippen molar-refractivity contribution in [3.05, 3.63) is 35.6 Å². The summed E-state index contributed by atoms with van der Waals surface area (Å²) in [4.78, 5) is 25.7. The van der Waals surface area contributed by atoms with Crippen LogP contribution in [0.4, 0.5) is 4.39 Å². The van der Waals surface area contributed by atoms with Crippen LogP contribution in [0.3, 0.4) is 0 Å². The molecule has 1 saturated heterocycles. The zero-order valence-electron chi connectivity index (χ0n) is 11.2. The minimum atomic E-state index is -0.905. The molecular formula is C14H17FN2O2. The lowest BCUT2D eigenvalue weighted by Gasteiger charge is -2.43. The molecule has 0 bridgehead atoms. The molecule has 0 radical (unpaired) electrons. The molecule has 1 aromatic carbocycles. The maximum atomic E-state index is 12.9. The Kier molecular flexibility index (Phi) is 3.30. The van der Waals surface area contributed by atoms with Gasteiger partial charge in [-0.3, -0.25) is 9.59 Å². The van der Waals surface area contributed by atoms with Crippen molar-refractivity contribution in [1.29, 1.82) is 0 Å². The van der Waals surface area contributed by atoms with Gasteiger partial charge in [-0.05, 0) is 38.5 Å². The molecule has 2 rings (SSSR count). The molecule has 2 amide bonds. The van der Waals surface area contributed by atoms with E-state index in [9.17, 15) is 14.0 Å². The number of carbonyl (C=O) groups excluding carboxylic acids is 2. The average Bonchev–Trinajstić information content (AvgIpc) is 2.35. The quantitative estimate of drug-likeness (QED) is 0.879. The van der Waals surface area contributed by atoms with Gasteiger partial charge in [-0.25, -0.2) is 4.39 Å². The van der Waals surface area contributed by atoms with E-state index in [1.54, 1.807) is 32.9 Å². The van der Waals surface area contributed by atoms with Gasteiger partial charge in [0.1, 0.15) is 17.4 Å². The molecule has 1 heterocycles. The summed E-state index contributed by atoms with van der Waals surface area (Å²) in [7, 11) is 0. The van der Waals surface area contributed by atoms with E-state index in [1.807, 2.05) is 0 Å². The Morgan fingerprint density at radius 1 is 1.26 bits per heavy atom.